The van der Waals surface area contributed by atoms with E-state index in [4.69, 9.17) is 9.84 Å². The van der Waals surface area contributed by atoms with Gasteiger partial charge >= 0.3 is 12.1 Å². The zero-order valence-electron chi connectivity index (χ0n) is 12.2. The van der Waals surface area contributed by atoms with Crippen molar-refractivity contribution in [3.05, 3.63) is 0 Å². The Balaban J connectivity index is 2.54. The molecule has 1 aliphatic heterocycles. The van der Waals surface area contributed by atoms with Crippen LogP contribution in [0.4, 0.5) is 4.79 Å². The summed E-state index contributed by atoms with van der Waals surface area (Å²) in [5.41, 5.74) is -0.503. The highest BCUT2D eigenvalue weighted by Crippen LogP contribution is 2.17. The minimum absolute atomic E-state index is 0.00712. The quantitative estimate of drug-likeness (QED) is 0.841. The topological polar surface area (TPSA) is 70.1 Å². The van der Waals surface area contributed by atoms with E-state index in [9.17, 15) is 9.59 Å². The molecule has 0 aliphatic carbocycles. The average molecular weight is 272 g/mol. The first-order valence-electron chi connectivity index (χ1n) is 6.59. The van der Waals surface area contributed by atoms with E-state index in [1.54, 1.807) is 16.8 Å². The molecule has 1 N–H and O–H groups in total. The summed E-state index contributed by atoms with van der Waals surface area (Å²) in [6.07, 6.45) is 1.46. The van der Waals surface area contributed by atoms with Crippen molar-refractivity contribution >= 4 is 12.1 Å². The van der Waals surface area contributed by atoms with Crippen LogP contribution < -0.4 is 0 Å². The number of nitrogens with zero attached hydrogens (tertiary/aromatic N) is 2. The normalized spacial score (nSPS) is 20.5. The molecule has 0 saturated carbocycles. The van der Waals surface area contributed by atoms with Gasteiger partial charge in [0.05, 0.1) is 6.54 Å². The Morgan fingerprint density at radius 3 is 2.58 bits per heavy atom. The van der Waals surface area contributed by atoms with E-state index in [2.05, 4.69) is 0 Å². The third kappa shape index (κ3) is 5.46. The first-order valence-corrected chi connectivity index (χ1v) is 6.59. The van der Waals surface area contributed by atoms with E-state index in [1.807, 2.05) is 20.8 Å². The zero-order chi connectivity index (χ0) is 14.6. The number of ether oxygens (including phenoxy) is 1. The largest absolute Gasteiger partial charge is 0.480 e. The van der Waals surface area contributed by atoms with Gasteiger partial charge in [-0.15, -0.1) is 0 Å². The van der Waals surface area contributed by atoms with Crippen LogP contribution in [-0.4, -0.2) is 65.3 Å². The number of rotatable bonds is 3. The number of hydrogen-bond acceptors (Lipinski definition) is 4. The molecule has 0 aromatic carbocycles. The van der Waals surface area contributed by atoms with Gasteiger partial charge < -0.3 is 14.7 Å². The van der Waals surface area contributed by atoms with Gasteiger partial charge in [-0.05, 0) is 40.7 Å². The molecule has 6 nitrogen and oxygen atoms in total. The third-order valence-corrected chi connectivity index (χ3v) is 3.06. The molecule has 1 aliphatic rings. The van der Waals surface area contributed by atoms with E-state index in [1.165, 1.54) is 0 Å². The molecule has 0 unspecified atom stereocenters. The van der Waals surface area contributed by atoms with Crippen LogP contribution in [0, 0.1) is 0 Å². The van der Waals surface area contributed by atoms with Crippen molar-refractivity contribution in [1.29, 1.82) is 0 Å². The van der Waals surface area contributed by atoms with Crippen LogP contribution in [0.2, 0.25) is 0 Å². The predicted molar refractivity (Wildman–Crippen MR) is 71.1 cm³/mol. The van der Waals surface area contributed by atoms with Gasteiger partial charge in [0.15, 0.2) is 0 Å². The summed E-state index contributed by atoms with van der Waals surface area (Å²) < 4.78 is 5.34. The molecule has 19 heavy (non-hydrogen) atoms. The SMILES string of the molecule is CN(CC(=O)O)[C@H]1CCCN(C(=O)OC(C)(C)C)C1. The minimum atomic E-state index is -0.850. The number of amides is 1. The lowest BCUT2D eigenvalue weighted by atomic mass is 10.0. The molecule has 0 bridgehead atoms. The van der Waals surface area contributed by atoms with Crippen LogP contribution >= 0.6 is 0 Å². The fourth-order valence-corrected chi connectivity index (χ4v) is 2.15. The summed E-state index contributed by atoms with van der Waals surface area (Å²) in [6, 6.07) is 0.0809. The fraction of sp³-hybridized carbons (Fsp3) is 0.846. The van der Waals surface area contributed by atoms with Gasteiger partial charge in [-0.25, -0.2) is 4.79 Å². The molecule has 0 spiro atoms. The highest BCUT2D eigenvalue weighted by molar-refractivity contribution is 5.69. The molecule has 1 amide bonds. The van der Waals surface area contributed by atoms with E-state index >= 15 is 0 Å². The number of carboxylic acid groups (broad SMARTS) is 1. The first-order chi connectivity index (χ1) is 8.69. The molecule has 1 saturated heterocycles. The summed E-state index contributed by atoms with van der Waals surface area (Å²) in [5, 5.41) is 8.80. The van der Waals surface area contributed by atoms with Crippen LogP contribution in [0.5, 0.6) is 0 Å². The van der Waals surface area contributed by atoms with Crippen molar-refractivity contribution < 1.29 is 19.4 Å². The first kappa shape index (κ1) is 15.8. The van der Waals surface area contributed by atoms with Crippen molar-refractivity contribution in [2.24, 2.45) is 0 Å². The maximum absolute atomic E-state index is 12.0. The second-order valence-electron chi connectivity index (χ2n) is 6.03. The Kier molecular flexibility index (Phi) is 5.17. The lowest BCUT2D eigenvalue weighted by molar-refractivity contribution is -0.138. The lowest BCUT2D eigenvalue weighted by Gasteiger charge is -2.37. The number of likely N-dealkylation sites (N-methyl/N-ethyl adjacent to an activating group) is 1. The standard InChI is InChI=1S/C13H24N2O4/c1-13(2,3)19-12(18)15-7-5-6-10(8-15)14(4)9-11(16)17/h10H,5-9H2,1-4H3,(H,16,17)/t10-/m0/s1. The molecule has 1 rings (SSSR count). The van der Waals surface area contributed by atoms with Crippen molar-refractivity contribution in [3.63, 3.8) is 0 Å². The molecule has 0 aromatic heterocycles. The van der Waals surface area contributed by atoms with Crippen molar-refractivity contribution in [3.8, 4) is 0 Å². The maximum Gasteiger partial charge on any atom is 0.410 e. The number of likely N-dealkylation sites (tertiary alicyclic amines) is 1. The zero-order valence-corrected chi connectivity index (χ0v) is 12.2. The van der Waals surface area contributed by atoms with Gasteiger partial charge in [-0.2, -0.15) is 0 Å². The lowest BCUT2D eigenvalue weighted by Crippen LogP contribution is -2.50. The van der Waals surface area contributed by atoms with Gasteiger partial charge in [0.1, 0.15) is 5.60 Å². The molecular formula is C13H24N2O4. The fourth-order valence-electron chi connectivity index (χ4n) is 2.15. The minimum Gasteiger partial charge on any atom is -0.480 e. The molecule has 0 aromatic rings. The summed E-state index contributed by atoms with van der Waals surface area (Å²) in [7, 11) is 1.78. The molecule has 1 fully saturated rings. The monoisotopic (exact) mass is 272 g/mol. The van der Waals surface area contributed by atoms with Crippen molar-refractivity contribution in [2.75, 3.05) is 26.7 Å². The highest BCUT2D eigenvalue weighted by atomic mass is 16.6. The summed E-state index contributed by atoms with van der Waals surface area (Å²) in [5.74, 6) is -0.850. The van der Waals surface area contributed by atoms with E-state index < -0.39 is 11.6 Å². The number of carbonyl (C=O) groups is 2. The molecule has 110 valence electrons. The van der Waals surface area contributed by atoms with Crippen LogP contribution in [0.1, 0.15) is 33.6 Å². The van der Waals surface area contributed by atoms with Gasteiger partial charge in [-0.1, -0.05) is 0 Å². The van der Waals surface area contributed by atoms with Crippen LogP contribution in [0.25, 0.3) is 0 Å². The second kappa shape index (κ2) is 6.23. The summed E-state index contributed by atoms with van der Waals surface area (Å²) >= 11 is 0. The number of piperidine rings is 1. The van der Waals surface area contributed by atoms with Gasteiger partial charge in [-0.3, -0.25) is 9.69 Å². The van der Waals surface area contributed by atoms with E-state index in [0.29, 0.717) is 13.1 Å². The Morgan fingerprint density at radius 2 is 2.05 bits per heavy atom. The van der Waals surface area contributed by atoms with Gasteiger partial charge in [0.2, 0.25) is 0 Å². The highest BCUT2D eigenvalue weighted by Gasteiger charge is 2.29. The molecular weight excluding hydrogens is 248 g/mol. The van der Waals surface area contributed by atoms with E-state index in [0.717, 1.165) is 12.8 Å². The number of hydrogen-bond donors (Lipinski definition) is 1. The Bertz CT molecular complexity index is 338. The number of carboxylic acids is 1. The maximum atomic E-state index is 12.0. The van der Waals surface area contributed by atoms with Crippen molar-refractivity contribution in [2.45, 2.75) is 45.3 Å². The van der Waals surface area contributed by atoms with Gasteiger partial charge in [0.25, 0.3) is 0 Å². The van der Waals surface area contributed by atoms with Gasteiger partial charge in [0, 0.05) is 19.1 Å². The van der Waals surface area contributed by atoms with Crippen LogP contribution in [-0.2, 0) is 9.53 Å². The Morgan fingerprint density at radius 1 is 1.42 bits per heavy atom. The average Bonchev–Trinajstić information content (AvgIpc) is 2.26. The molecule has 6 heteroatoms. The number of aliphatic carboxylic acids is 1. The van der Waals surface area contributed by atoms with Crippen LogP contribution in [0.3, 0.4) is 0 Å². The Labute approximate surface area is 114 Å². The smallest absolute Gasteiger partial charge is 0.410 e. The van der Waals surface area contributed by atoms with Crippen LogP contribution in [0.15, 0.2) is 0 Å². The second-order valence-corrected chi connectivity index (χ2v) is 6.03. The Hall–Kier alpha value is -1.30. The van der Waals surface area contributed by atoms with Crippen molar-refractivity contribution in [1.82, 2.24) is 9.80 Å². The van der Waals surface area contributed by atoms with E-state index in [-0.39, 0.29) is 18.7 Å². The molecule has 1 atom stereocenters. The number of carbonyl (C=O) groups excluding carboxylic acids is 1. The summed E-state index contributed by atoms with van der Waals surface area (Å²) in [6.45, 7) is 6.70. The molecule has 0 radical (unpaired) electrons. The molecule has 1 heterocycles. The summed E-state index contributed by atoms with van der Waals surface area (Å²) in [4.78, 5) is 26.1. The predicted octanol–water partition coefficient (Wildman–Crippen LogP) is 1.40. The third-order valence-electron chi connectivity index (χ3n) is 3.06.